The number of aromatic carboxylic acids is 1. The molecule has 116 valence electrons. The number of hydrogen-bond acceptors (Lipinski definition) is 3. The summed E-state index contributed by atoms with van der Waals surface area (Å²) in [6, 6.07) is 2.53. The standard InChI is InChI=1S/C13H16Br2N2O4/c1-13(2,6-18)17(3)12(21)16-10-8(11(19)20)4-7(14)5-9(10)15/h4-5,18H,6H2,1-3H3,(H,16,21)(H,19,20). The van der Waals surface area contributed by atoms with Gasteiger partial charge in [-0.1, -0.05) is 15.9 Å². The van der Waals surface area contributed by atoms with Crippen molar-refractivity contribution in [3.63, 3.8) is 0 Å². The van der Waals surface area contributed by atoms with Gasteiger partial charge in [-0.25, -0.2) is 9.59 Å². The van der Waals surface area contributed by atoms with Gasteiger partial charge in [-0.15, -0.1) is 0 Å². The molecular formula is C13H16Br2N2O4. The lowest BCUT2D eigenvalue weighted by Crippen LogP contribution is -2.49. The van der Waals surface area contributed by atoms with E-state index in [4.69, 9.17) is 0 Å². The highest BCUT2D eigenvalue weighted by molar-refractivity contribution is 9.11. The monoisotopic (exact) mass is 422 g/mol. The number of halogens is 2. The first-order chi connectivity index (χ1) is 9.60. The normalized spacial score (nSPS) is 11.1. The smallest absolute Gasteiger partial charge is 0.337 e. The van der Waals surface area contributed by atoms with Crippen LogP contribution >= 0.6 is 31.9 Å². The third kappa shape index (κ3) is 4.18. The lowest BCUT2D eigenvalue weighted by molar-refractivity contribution is 0.0698. The number of carboxylic acids is 1. The molecule has 0 aliphatic rings. The number of nitrogens with zero attached hydrogens (tertiary/aromatic N) is 1. The predicted octanol–water partition coefficient (Wildman–Crippen LogP) is 3.14. The van der Waals surface area contributed by atoms with E-state index in [0.717, 1.165) is 0 Å². The van der Waals surface area contributed by atoms with Gasteiger partial charge in [0.05, 0.1) is 23.4 Å². The summed E-state index contributed by atoms with van der Waals surface area (Å²) in [6.07, 6.45) is 0. The van der Waals surface area contributed by atoms with Crippen LogP contribution in [0.15, 0.2) is 21.1 Å². The summed E-state index contributed by atoms with van der Waals surface area (Å²) < 4.78 is 1.02. The summed E-state index contributed by atoms with van der Waals surface area (Å²) in [5.41, 5.74) is -0.647. The van der Waals surface area contributed by atoms with Gasteiger partial charge in [0.15, 0.2) is 0 Å². The van der Waals surface area contributed by atoms with Crippen molar-refractivity contribution in [2.24, 2.45) is 0 Å². The van der Waals surface area contributed by atoms with Crippen LogP contribution in [0.2, 0.25) is 0 Å². The molecule has 21 heavy (non-hydrogen) atoms. The average Bonchev–Trinajstić information content (AvgIpc) is 2.40. The molecule has 0 spiro atoms. The Labute approximate surface area is 139 Å². The van der Waals surface area contributed by atoms with Gasteiger partial charge in [-0.3, -0.25) is 0 Å². The van der Waals surface area contributed by atoms with E-state index >= 15 is 0 Å². The molecule has 1 aromatic carbocycles. The lowest BCUT2D eigenvalue weighted by atomic mass is 10.1. The maximum Gasteiger partial charge on any atom is 0.337 e. The third-order valence-corrected chi connectivity index (χ3v) is 4.20. The molecule has 0 saturated carbocycles. The SMILES string of the molecule is CN(C(=O)Nc1c(Br)cc(Br)cc1C(=O)O)C(C)(C)CO. The van der Waals surface area contributed by atoms with Crippen LogP contribution in [0.3, 0.4) is 0 Å². The number of rotatable bonds is 4. The number of carbonyl (C=O) groups is 2. The number of carboxylic acid groups (broad SMARTS) is 1. The summed E-state index contributed by atoms with van der Waals surface area (Å²) in [5.74, 6) is -1.16. The first-order valence-electron chi connectivity index (χ1n) is 5.98. The summed E-state index contributed by atoms with van der Waals surface area (Å²) in [6.45, 7) is 3.17. The minimum absolute atomic E-state index is 0.0418. The summed E-state index contributed by atoms with van der Waals surface area (Å²) in [4.78, 5) is 24.8. The fourth-order valence-electron chi connectivity index (χ4n) is 1.44. The Morgan fingerprint density at radius 2 is 1.90 bits per heavy atom. The van der Waals surface area contributed by atoms with Gasteiger partial charge in [0.1, 0.15) is 0 Å². The van der Waals surface area contributed by atoms with E-state index in [1.807, 2.05) is 0 Å². The largest absolute Gasteiger partial charge is 0.478 e. The van der Waals surface area contributed by atoms with Crippen molar-refractivity contribution in [1.29, 1.82) is 0 Å². The Hall–Kier alpha value is -1.12. The number of anilines is 1. The van der Waals surface area contributed by atoms with E-state index in [-0.39, 0.29) is 17.9 Å². The molecule has 0 heterocycles. The zero-order valence-corrected chi connectivity index (χ0v) is 14.9. The fraction of sp³-hybridized carbons (Fsp3) is 0.385. The van der Waals surface area contributed by atoms with Crippen LogP contribution in [0.1, 0.15) is 24.2 Å². The molecule has 1 rings (SSSR count). The van der Waals surface area contributed by atoms with E-state index in [1.54, 1.807) is 19.9 Å². The predicted molar refractivity (Wildman–Crippen MR) is 86.7 cm³/mol. The van der Waals surface area contributed by atoms with Crippen molar-refractivity contribution < 1.29 is 19.8 Å². The zero-order valence-electron chi connectivity index (χ0n) is 11.8. The quantitative estimate of drug-likeness (QED) is 0.693. The molecule has 1 aromatic rings. The van der Waals surface area contributed by atoms with Gasteiger partial charge >= 0.3 is 12.0 Å². The van der Waals surface area contributed by atoms with E-state index in [2.05, 4.69) is 37.2 Å². The molecule has 0 saturated heterocycles. The number of nitrogens with one attached hydrogen (secondary N) is 1. The van der Waals surface area contributed by atoms with E-state index in [1.165, 1.54) is 18.0 Å². The third-order valence-electron chi connectivity index (χ3n) is 3.12. The van der Waals surface area contributed by atoms with Crippen molar-refractivity contribution in [1.82, 2.24) is 4.90 Å². The van der Waals surface area contributed by atoms with Crippen molar-refractivity contribution >= 4 is 49.5 Å². The number of amides is 2. The molecule has 0 aliphatic heterocycles. The number of benzene rings is 1. The number of hydrogen-bond donors (Lipinski definition) is 3. The molecule has 3 N–H and O–H groups in total. The molecule has 0 unspecified atom stereocenters. The van der Waals surface area contributed by atoms with Crippen LogP contribution in [-0.2, 0) is 0 Å². The lowest BCUT2D eigenvalue weighted by Gasteiger charge is -2.34. The number of likely N-dealkylation sites (N-methyl/N-ethyl adjacent to an activating group) is 1. The molecule has 0 aromatic heterocycles. The molecule has 0 aliphatic carbocycles. The Balaban J connectivity index is 3.14. The van der Waals surface area contributed by atoms with Crippen LogP contribution in [0, 0.1) is 0 Å². The molecule has 0 bridgehead atoms. The molecule has 0 atom stereocenters. The van der Waals surface area contributed by atoms with E-state index in [9.17, 15) is 19.8 Å². The number of aliphatic hydroxyl groups excluding tert-OH is 1. The van der Waals surface area contributed by atoms with E-state index in [0.29, 0.717) is 8.95 Å². The van der Waals surface area contributed by atoms with Gasteiger partial charge in [-0.05, 0) is 41.9 Å². The topological polar surface area (TPSA) is 89.9 Å². The maximum atomic E-state index is 12.2. The molecule has 8 heteroatoms. The second-order valence-electron chi connectivity index (χ2n) is 5.08. The van der Waals surface area contributed by atoms with Crippen molar-refractivity contribution in [3.8, 4) is 0 Å². The second-order valence-corrected chi connectivity index (χ2v) is 6.85. The maximum absolute atomic E-state index is 12.2. The Morgan fingerprint density at radius 3 is 2.38 bits per heavy atom. The van der Waals surface area contributed by atoms with Crippen molar-refractivity contribution in [2.45, 2.75) is 19.4 Å². The van der Waals surface area contributed by atoms with Crippen LogP contribution in [0.4, 0.5) is 10.5 Å². The fourth-order valence-corrected chi connectivity index (χ4v) is 2.77. The van der Waals surface area contributed by atoms with Gasteiger partial charge in [-0.2, -0.15) is 0 Å². The highest BCUT2D eigenvalue weighted by Gasteiger charge is 2.28. The second kappa shape index (κ2) is 6.76. The summed E-state index contributed by atoms with van der Waals surface area (Å²) >= 11 is 6.44. The molecule has 2 amide bonds. The molecule has 0 fully saturated rings. The summed E-state index contributed by atoms with van der Waals surface area (Å²) in [7, 11) is 1.53. The highest BCUT2D eigenvalue weighted by atomic mass is 79.9. The van der Waals surface area contributed by atoms with Crippen LogP contribution in [-0.4, -0.2) is 46.3 Å². The summed E-state index contributed by atoms with van der Waals surface area (Å²) in [5, 5.41) is 21.1. The van der Waals surface area contributed by atoms with Gasteiger partial charge in [0.25, 0.3) is 0 Å². The molecule has 0 radical (unpaired) electrons. The number of carbonyl (C=O) groups excluding carboxylic acids is 1. The average molecular weight is 424 g/mol. The first kappa shape index (κ1) is 17.9. The van der Waals surface area contributed by atoms with Gasteiger partial charge < -0.3 is 20.4 Å². The zero-order chi connectivity index (χ0) is 16.4. The Morgan fingerprint density at radius 1 is 1.33 bits per heavy atom. The molecule has 6 nitrogen and oxygen atoms in total. The number of aliphatic hydroxyl groups is 1. The van der Waals surface area contributed by atoms with Crippen molar-refractivity contribution in [3.05, 3.63) is 26.6 Å². The highest BCUT2D eigenvalue weighted by Crippen LogP contribution is 2.31. The van der Waals surface area contributed by atoms with Crippen LogP contribution in [0.25, 0.3) is 0 Å². The minimum Gasteiger partial charge on any atom is -0.478 e. The van der Waals surface area contributed by atoms with Crippen LogP contribution in [0.5, 0.6) is 0 Å². The van der Waals surface area contributed by atoms with Crippen molar-refractivity contribution in [2.75, 3.05) is 19.0 Å². The minimum atomic E-state index is -1.16. The number of urea groups is 1. The van der Waals surface area contributed by atoms with Crippen LogP contribution < -0.4 is 5.32 Å². The van der Waals surface area contributed by atoms with E-state index < -0.39 is 17.5 Å². The Bertz CT molecular complexity index is 576. The van der Waals surface area contributed by atoms with Gasteiger partial charge in [0, 0.05) is 16.0 Å². The molecular weight excluding hydrogens is 408 g/mol. The first-order valence-corrected chi connectivity index (χ1v) is 7.56. The van der Waals surface area contributed by atoms with Gasteiger partial charge in [0.2, 0.25) is 0 Å². The Kier molecular flexibility index (Phi) is 5.77.